The Morgan fingerprint density at radius 3 is 2.55 bits per heavy atom. The number of hydrogen-bond acceptors (Lipinski definition) is 1. The van der Waals surface area contributed by atoms with E-state index in [0.29, 0.717) is 5.56 Å². The molecule has 0 aliphatic carbocycles. The molecule has 1 nitrogen and oxygen atoms in total. The quantitative estimate of drug-likeness (QED) is 0.643. The molecule has 0 fully saturated rings. The Hall–Kier alpha value is -0.530. The molecule has 0 aliphatic heterocycles. The summed E-state index contributed by atoms with van der Waals surface area (Å²) in [7, 11) is 0. The van der Waals surface area contributed by atoms with E-state index in [0.717, 1.165) is 20.2 Å². The molecule has 106 valence electrons. The van der Waals surface area contributed by atoms with Gasteiger partial charge in [0.1, 0.15) is 0 Å². The Morgan fingerprint density at radius 2 is 1.90 bits per heavy atom. The van der Waals surface area contributed by atoms with Gasteiger partial charge in [0.15, 0.2) is 11.6 Å². The van der Waals surface area contributed by atoms with Gasteiger partial charge in [0.2, 0.25) is 0 Å². The summed E-state index contributed by atoms with van der Waals surface area (Å²) in [5, 5.41) is 3.32. The van der Waals surface area contributed by atoms with E-state index in [-0.39, 0.29) is 6.04 Å². The fourth-order valence-corrected chi connectivity index (χ4v) is 3.06. The van der Waals surface area contributed by atoms with Gasteiger partial charge in [-0.1, -0.05) is 28.9 Å². The van der Waals surface area contributed by atoms with Crippen molar-refractivity contribution in [3.63, 3.8) is 0 Å². The van der Waals surface area contributed by atoms with E-state index in [4.69, 9.17) is 0 Å². The number of nitrogens with one attached hydrogen (secondary N) is 1. The van der Waals surface area contributed by atoms with Crippen LogP contribution in [0.2, 0.25) is 0 Å². The summed E-state index contributed by atoms with van der Waals surface area (Å²) in [6.45, 7) is 2.71. The van der Waals surface area contributed by atoms with E-state index in [1.165, 1.54) is 12.1 Å². The Balaban J connectivity index is 2.49. The van der Waals surface area contributed by atoms with E-state index >= 15 is 0 Å². The van der Waals surface area contributed by atoms with Gasteiger partial charge in [0.25, 0.3) is 0 Å². The molecule has 0 radical (unpaired) electrons. The van der Waals surface area contributed by atoms with Crippen LogP contribution in [0.25, 0.3) is 0 Å². The molecule has 0 saturated heterocycles. The largest absolute Gasteiger partial charge is 0.306 e. The molecule has 0 saturated carbocycles. The summed E-state index contributed by atoms with van der Waals surface area (Å²) in [5.41, 5.74) is 1.74. The Morgan fingerprint density at radius 1 is 1.15 bits per heavy atom. The highest BCUT2D eigenvalue weighted by Gasteiger charge is 2.17. The van der Waals surface area contributed by atoms with Crippen LogP contribution in [0.1, 0.15) is 24.1 Å². The third kappa shape index (κ3) is 3.56. The summed E-state index contributed by atoms with van der Waals surface area (Å²) < 4.78 is 28.6. The Labute approximate surface area is 139 Å². The van der Waals surface area contributed by atoms with Gasteiger partial charge in [-0.2, -0.15) is 0 Å². The van der Waals surface area contributed by atoms with Crippen LogP contribution in [-0.2, 0) is 0 Å². The minimum atomic E-state index is -0.826. The molecule has 1 N–H and O–H groups in total. The van der Waals surface area contributed by atoms with Gasteiger partial charge in [-0.15, -0.1) is 0 Å². The molecule has 1 unspecified atom stereocenters. The van der Waals surface area contributed by atoms with Gasteiger partial charge in [-0.3, -0.25) is 0 Å². The van der Waals surface area contributed by atoms with Crippen molar-refractivity contribution in [2.45, 2.75) is 13.0 Å². The predicted octanol–water partition coefficient (Wildman–Crippen LogP) is 5.03. The van der Waals surface area contributed by atoms with Crippen LogP contribution in [0.3, 0.4) is 0 Å². The van der Waals surface area contributed by atoms with E-state index in [1.54, 1.807) is 6.07 Å². The van der Waals surface area contributed by atoms with Crippen LogP contribution in [0.4, 0.5) is 8.78 Å². The topological polar surface area (TPSA) is 12.0 Å². The van der Waals surface area contributed by atoms with Gasteiger partial charge in [-0.25, -0.2) is 8.78 Å². The molecular formula is C15H13BrF2IN. The zero-order valence-corrected chi connectivity index (χ0v) is 14.5. The summed E-state index contributed by atoms with van der Waals surface area (Å²) >= 11 is 5.69. The molecule has 0 bridgehead atoms. The summed E-state index contributed by atoms with van der Waals surface area (Å²) in [6, 6.07) is 9.81. The van der Waals surface area contributed by atoms with Gasteiger partial charge >= 0.3 is 0 Å². The highest BCUT2D eigenvalue weighted by atomic mass is 127. The molecule has 20 heavy (non-hydrogen) atoms. The van der Waals surface area contributed by atoms with Crippen molar-refractivity contribution in [2.75, 3.05) is 6.54 Å². The van der Waals surface area contributed by atoms with Crippen molar-refractivity contribution in [1.82, 2.24) is 5.32 Å². The van der Waals surface area contributed by atoms with Gasteiger partial charge < -0.3 is 5.32 Å². The van der Waals surface area contributed by atoms with Crippen LogP contribution < -0.4 is 5.32 Å². The first-order chi connectivity index (χ1) is 9.52. The first-order valence-corrected chi connectivity index (χ1v) is 8.03. The minimum absolute atomic E-state index is 0.167. The Kier molecular flexibility index (Phi) is 5.51. The highest BCUT2D eigenvalue weighted by Crippen LogP contribution is 2.29. The third-order valence-corrected chi connectivity index (χ3v) is 4.43. The smallest absolute Gasteiger partial charge is 0.159 e. The monoisotopic (exact) mass is 451 g/mol. The molecule has 0 aliphatic rings. The standard InChI is InChI=1S/C15H13BrF2IN/c1-2-20-15(9-3-5-12(17)13(18)7-9)11-8-10(16)4-6-14(11)19/h3-8,15,20H,2H2,1H3. The second-order valence-corrected chi connectivity index (χ2v) is 6.41. The van der Waals surface area contributed by atoms with Gasteiger partial charge in [0, 0.05) is 8.04 Å². The molecule has 0 aromatic heterocycles. The fourth-order valence-electron chi connectivity index (χ4n) is 2.04. The second-order valence-electron chi connectivity index (χ2n) is 4.33. The summed E-state index contributed by atoms with van der Waals surface area (Å²) in [4.78, 5) is 0. The lowest BCUT2D eigenvalue weighted by Gasteiger charge is -2.21. The van der Waals surface area contributed by atoms with Crippen molar-refractivity contribution in [1.29, 1.82) is 0 Å². The van der Waals surface area contributed by atoms with Crippen molar-refractivity contribution in [3.8, 4) is 0 Å². The molecule has 1 atom stereocenters. The van der Waals surface area contributed by atoms with Crippen molar-refractivity contribution < 1.29 is 8.78 Å². The first-order valence-electron chi connectivity index (χ1n) is 6.16. The van der Waals surface area contributed by atoms with Crippen molar-refractivity contribution in [2.24, 2.45) is 0 Å². The van der Waals surface area contributed by atoms with E-state index in [1.807, 2.05) is 25.1 Å². The van der Waals surface area contributed by atoms with E-state index in [9.17, 15) is 8.78 Å². The van der Waals surface area contributed by atoms with Crippen LogP contribution >= 0.6 is 38.5 Å². The van der Waals surface area contributed by atoms with Crippen LogP contribution in [0, 0.1) is 15.2 Å². The first kappa shape index (κ1) is 15.9. The minimum Gasteiger partial charge on any atom is -0.306 e. The number of halogens is 4. The Bertz CT molecular complexity index is 619. The molecule has 0 amide bonds. The lowest BCUT2D eigenvalue weighted by Crippen LogP contribution is -2.23. The summed E-state index contributed by atoms with van der Waals surface area (Å²) in [6.07, 6.45) is 0. The fraction of sp³-hybridized carbons (Fsp3) is 0.200. The van der Waals surface area contributed by atoms with Crippen molar-refractivity contribution >= 4 is 38.5 Å². The summed E-state index contributed by atoms with van der Waals surface area (Å²) in [5.74, 6) is -1.65. The van der Waals surface area contributed by atoms with E-state index in [2.05, 4.69) is 43.8 Å². The number of benzene rings is 2. The maximum atomic E-state index is 13.5. The maximum Gasteiger partial charge on any atom is 0.159 e. The van der Waals surface area contributed by atoms with Crippen LogP contribution in [-0.4, -0.2) is 6.54 Å². The van der Waals surface area contributed by atoms with Gasteiger partial charge in [0.05, 0.1) is 6.04 Å². The van der Waals surface area contributed by atoms with Crippen LogP contribution in [0.5, 0.6) is 0 Å². The lowest BCUT2D eigenvalue weighted by atomic mass is 9.98. The molecule has 2 rings (SSSR count). The molecule has 2 aromatic rings. The molecular weight excluding hydrogens is 439 g/mol. The number of rotatable bonds is 4. The third-order valence-electron chi connectivity index (χ3n) is 2.95. The molecule has 2 aromatic carbocycles. The number of hydrogen-bond donors (Lipinski definition) is 1. The SMILES string of the molecule is CCNC(c1ccc(F)c(F)c1)c1cc(Br)ccc1I. The molecule has 5 heteroatoms. The zero-order valence-electron chi connectivity index (χ0n) is 10.8. The second kappa shape index (κ2) is 6.95. The predicted molar refractivity (Wildman–Crippen MR) is 88.7 cm³/mol. The van der Waals surface area contributed by atoms with E-state index < -0.39 is 11.6 Å². The normalized spacial score (nSPS) is 12.4. The zero-order chi connectivity index (χ0) is 14.7. The highest BCUT2D eigenvalue weighted by molar-refractivity contribution is 14.1. The lowest BCUT2D eigenvalue weighted by molar-refractivity contribution is 0.504. The molecule has 0 spiro atoms. The average molecular weight is 452 g/mol. The maximum absolute atomic E-state index is 13.5. The van der Waals surface area contributed by atoms with Crippen LogP contribution in [0.15, 0.2) is 40.9 Å². The van der Waals surface area contributed by atoms with Crippen molar-refractivity contribution in [3.05, 3.63) is 67.2 Å². The molecule has 0 heterocycles. The van der Waals surface area contributed by atoms with Gasteiger partial charge in [-0.05, 0) is 70.6 Å². The average Bonchev–Trinajstić information content (AvgIpc) is 2.42.